The van der Waals surface area contributed by atoms with E-state index in [1.54, 1.807) is 11.9 Å². The van der Waals surface area contributed by atoms with E-state index in [0.29, 0.717) is 6.42 Å². The van der Waals surface area contributed by atoms with Crippen LogP contribution in [0.25, 0.3) is 0 Å². The predicted octanol–water partition coefficient (Wildman–Crippen LogP) is 2.49. The molecule has 2 rings (SSSR count). The number of hydrazine groups is 2. The Bertz CT molecular complexity index is 569. The van der Waals surface area contributed by atoms with Crippen LogP contribution in [0.15, 0.2) is 30.3 Å². The fourth-order valence-electron chi connectivity index (χ4n) is 3.14. The van der Waals surface area contributed by atoms with Gasteiger partial charge >= 0.3 is 0 Å². The second kappa shape index (κ2) is 9.68. The van der Waals surface area contributed by atoms with Gasteiger partial charge in [0, 0.05) is 19.8 Å². The quantitative estimate of drug-likeness (QED) is 0.377. The summed E-state index contributed by atoms with van der Waals surface area (Å²) in [5.74, 6) is 0.741. The number of para-hydroxylation sites is 1. The van der Waals surface area contributed by atoms with Gasteiger partial charge in [-0.05, 0) is 37.7 Å². The third-order valence-electron chi connectivity index (χ3n) is 4.29. The molecule has 2 N–H and O–H groups in total. The van der Waals surface area contributed by atoms with Gasteiger partial charge in [0.15, 0.2) is 0 Å². The van der Waals surface area contributed by atoms with Crippen molar-refractivity contribution in [2.45, 2.75) is 58.2 Å². The highest BCUT2D eigenvalue weighted by molar-refractivity contribution is 7.80. The molecule has 0 spiro atoms. The summed E-state index contributed by atoms with van der Waals surface area (Å²) in [5.41, 5.74) is 6.75. The maximum absolute atomic E-state index is 12.2. The number of amides is 2. The topological polar surface area (TPSA) is 64.7 Å². The number of benzene rings is 1. The average Bonchev–Trinajstić information content (AvgIpc) is 2.94. The summed E-state index contributed by atoms with van der Waals surface area (Å²) in [7, 11) is 0. The number of anilines is 1. The van der Waals surface area contributed by atoms with Gasteiger partial charge < -0.3 is 0 Å². The van der Waals surface area contributed by atoms with Crippen molar-refractivity contribution in [3.8, 4) is 0 Å². The van der Waals surface area contributed by atoms with Crippen molar-refractivity contribution in [1.29, 1.82) is 0 Å². The third kappa shape index (κ3) is 5.37. The lowest BCUT2D eigenvalue weighted by atomic mass is 10.2. The zero-order chi connectivity index (χ0) is 18.2. The van der Waals surface area contributed by atoms with Crippen molar-refractivity contribution >= 4 is 30.1 Å². The molecule has 6 nitrogen and oxygen atoms in total. The molecule has 1 heterocycles. The molecule has 0 aromatic heterocycles. The summed E-state index contributed by atoms with van der Waals surface area (Å²) in [6.45, 7) is 3.62. The lowest BCUT2D eigenvalue weighted by Crippen LogP contribution is -2.55. The third-order valence-corrected chi connectivity index (χ3v) is 4.61. The van der Waals surface area contributed by atoms with Crippen LogP contribution in [0.3, 0.4) is 0 Å². The van der Waals surface area contributed by atoms with Crippen LogP contribution < -0.4 is 15.9 Å². The lowest BCUT2D eigenvalue weighted by Gasteiger charge is -2.34. The molecule has 1 fully saturated rings. The molecule has 1 saturated heterocycles. The number of hydrogen-bond donors (Lipinski definition) is 3. The van der Waals surface area contributed by atoms with Gasteiger partial charge in [-0.25, -0.2) is 10.4 Å². The van der Waals surface area contributed by atoms with Gasteiger partial charge in [-0.2, -0.15) is 12.6 Å². The first kappa shape index (κ1) is 19.6. The molecular formula is C18H28N4O2S. The molecule has 25 heavy (non-hydrogen) atoms. The monoisotopic (exact) mass is 364 g/mol. The molecule has 138 valence electrons. The molecule has 0 radical (unpaired) electrons. The van der Waals surface area contributed by atoms with Crippen molar-refractivity contribution in [1.82, 2.24) is 15.9 Å². The van der Waals surface area contributed by atoms with Crippen LogP contribution in [0.4, 0.5) is 5.69 Å². The van der Waals surface area contributed by atoms with Gasteiger partial charge in [0.2, 0.25) is 11.8 Å². The predicted molar refractivity (Wildman–Crippen MR) is 103 cm³/mol. The molecule has 1 aliphatic heterocycles. The van der Waals surface area contributed by atoms with Crippen molar-refractivity contribution in [2.24, 2.45) is 0 Å². The van der Waals surface area contributed by atoms with Crippen molar-refractivity contribution in [2.75, 3.05) is 10.8 Å². The molecule has 0 bridgehead atoms. The van der Waals surface area contributed by atoms with Gasteiger partial charge in [-0.3, -0.25) is 20.0 Å². The van der Waals surface area contributed by atoms with Crippen molar-refractivity contribution in [3.63, 3.8) is 0 Å². The minimum atomic E-state index is -0.255. The normalized spacial score (nSPS) is 20.0. The Morgan fingerprint density at radius 2 is 1.92 bits per heavy atom. The number of carbonyl (C=O) groups is 2. The van der Waals surface area contributed by atoms with E-state index in [-0.39, 0.29) is 24.0 Å². The van der Waals surface area contributed by atoms with E-state index in [9.17, 15) is 9.59 Å². The van der Waals surface area contributed by atoms with E-state index in [2.05, 4.69) is 30.4 Å². The minimum Gasteiger partial charge on any atom is -0.290 e. The number of carbonyl (C=O) groups excluding carboxylic acids is 2. The van der Waals surface area contributed by atoms with E-state index in [4.69, 9.17) is 0 Å². The molecule has 0 saturated carbocycles. The van der Waals surface area contributed by atoms with Crippen molar-refractivity contribution < 1.29 is 9.59 Å². The lowest BCUT2D eigenvalue weighted by molar-refractivity contribution is -0.132. The highest BCUT2D eigenvalue weighted by Crippen LogP contribution is 2.29. The Hall–Kier alpha value is -1.73. The first-order valence-electron chi connectivity index (χ1n) is 8.83. The Labute approximate surface area is 155 Å². The van der Waals surface area contributed by atoms with Crippen LogP contribution in [-0.4, -0.2) is 34.8 Å². The maximum Gasteiger partial charge on any atom is 0.239 e. The Morgan fingerprint density at radius 1 is 1.20 bits per heavy atom. The van der Waals surface area contributed by atoms with E-state index in [1.807, 2.05) is 35.3 Å². The van der Waals surface area contributed by atoms with E-state index >= 15 is 0 Å². The number of nitrogens with one attached hydrogen (secondary N) is 2. The van der Waals surface area contributed by atoms with Crippen LogP contribution >= 0.6 is 12.6 Å². The number of hydrogen-bond acceptors (Lipinski definition) is 5. The summed E-state index contributed by atoms with van der Waals surface area (Å²) in [6.07, 6.45) is 3.82. The first-order valence-corrected chi connectivity index (χ1v) is 9.47. The van der Waals surface area contributed by atoms with Gasteiger partial charge in [0.25, 0.3) is 0 Å². The molecule has 1 aromatic carbocycles. The first-order chi connectivity index (χ1) is 12.0. The molecule has 1 aliphatic rings. The molecule has 0 aliphatic carbocycles. The second-order valence-corrected chi connectivity index (χ2v) is 6.82. The summed E-state index contributed by atoms with van der Waals surface area (Å²) in [5, 5.41) is 3.67. The van der Waals surface area contributed by atoms with Crippen LogP contribution in [0.2, 0.25) is 0 Å². The van der Waals surface area contributed by atoms with Gasteiger partial charge in [-0.1, -0.05) is 24.6 Å². The highest BCUT2D eigenvalue weighted by Gasteiger charge is 2.39. The fraction of sp³-hybridized carbons (Fsp3) is 0.556. The zero-order valence-corrected chi connectivity index (χ0v) is 15.8. The largest absolute Gasteiger partial charge is 0.290 e. The molecule has 1 unspecified atom stereocenters. The smallest absolute Gasteiger partial charge is 0.239 e. The minimum absolute atomic E-state index is 0.0477. The average molecular weight is 365 g/mol. The number of nitrogens with zero attached hydrogens (tertiary/aromatic N) is 2. The standard InChI is InChI=1S/C18H28N4O2S/c1-14-13-17(19-20-18(24)11-7-4-8-12-25)22(15(2)23)21(14)16-9-5-3-6-10-16/h3,5-6,9-10,14,17,19,25H,4,7-8,11-13H2,1-2H3,(H,20,24)/t14-,17?/m0/s1. The van der Waals surface area contributed by atoms with Crippen LogP contribution in [0.5, 0.6) is 0 Å². The molecule has 2 amide bonds. The number of thiol groups is 1. The number of rotatable bonds is 8. The van der Waals surface area contributed by atoms with E-state index in [0.717, 1.165) is 37.1 Å². The van der Waals surface area contributed by atoms with Crippen LogP contribution in [-0.2, 0) is 9.59 Å². The summed E-state index contributed by atoms with van der Waals surface area (Å²) in [6, 6.07) is 9.97. The maximum atomic E-state index is 12.2. The van der Waals surface area contributed by atoms with Crippen LogP contribution in [0.1, 0.15) is 46.0 Å². The fourth-order valence-corrected chi connectivity index (χ4v) is 3.36. The molecule has 2 atom stereocenters. The Balaban J connectivity index is 1.94. The highest BCUT2D eigenvalue weighted by atomic mass is 32.1. The van der Waals surface area contributed by atoms with E-state index in [1.165, 1.54) is 0 Å². The molecular weight excluding hydrogens is 336 g/mol. The second-order valence-electron chi connectivity index (χ2n) is 6.37. The molecule has 7 heteroatoms. The van der Waals surface area contributed by atoms with E-state index < -0.39 is 0 Å². The Kier molecular flexibility index (Phi) is 7.58. The zero-order valence-electron chi connectivity index (χ0n) is 14.9. The van der Waals surface area contributed by atoms with Gasteiger partial charge in [0.05, 0.1) is 11.7 Å². The SMILES string of the molecule is CC(=O)N1C(NNC(=O)CCCCCS)C[C@H](C)N1c1ccccc1. The summed E-state index contributed by atoms with van der Waals surface area (Å²) in [4.78, 5) is 24.2. The number of unbranched alkanes of at least 4 members (excludes halogenated alkanes) is 2. The molecule has 1 aromatic rings. The summed E-state index contributed by atoms with van der Waals surface area (Å²) < 4.78 is 0. The van der Waals surface area contributed by atoms with Gasteiger partial charge in [-0.15, -0.1) is 0 Å². The van der Waals surface area contributed by atoms with Gasteiger partial charge in [0.1, 0.15) is 6.17 Å². The van der Waals surface area contributed by atoms with Crippen LogP contribution in [0, 0.1) is 0 Å². The summed E-state index contributed by atoms with van der Waals surface area (Å²) >= 11 is 4.17. The Morgan fingerprint density at radius 3 is 2.56 bits per heavy atom. The van der Waals surface area contributed by atoms with Crippen molar-refractivity contribution in [3.05, 3.63) is 30.3 Å².